The number of benzene rings is 1. The highest BCUT2D eigenvalue weighted by molar-refractivity contribution is 5.48. The molecule has 0 saturated carbocycles. The van der Waals surface area contributed by atoms with E-state index in [-0.39, 0.29) is 6.61 Å². The Labute approximate surface area is 64.7 Å². The normalized spacial score (nSPS) is 9.64. The molecule has 0 amide bonds. The molecule has 0 aliphatic heterocycles. The van der Waals surface area contributed by atoms with Gasteiger partial charge in [-0.1, -0.05) is 12.1 Å². The summed E-state index contributed by atoms with van der Waals surface area (Å²) in [5.41, 5.74) is 1.91. The van der Waals surface area contributed by atoms with E-state index in [1.54, 1.807) is 25.1 Å². The van der Waals surface area contributed by atoms with Gasteiger partial charge in [0.15, 0.2) is 0 Å². The van der Waals surface area contributed by atoms with Crippen molar-refractivity contribution < 1.29 is 5.11 Å². The largest absolute Gasteiger partial charge is 0.392 e. The van der Waals surface area contributed by atoms with Crippen LogP contribution in [0.3, 0.4) is 0 Å². The summed E-state index contributed by atoms with van der Waals surface area (Å²) in [4.78, 5) is 10.2. The Morgan fingerprint density at radius 1 is 1.55 bits per heavy atom. The molecule has 1 rings (SSSR count). The van der Waals surface area contributed by atoms with Crippen molar-refractivity contribution in [2.24, 2.45) is 5.18 Å². The molecule has 0 heterocycles. The van der Waals surface area contributed by atoms with Gasteiger partial charge in [0.2, 0.25) is 0 Å². The lowest BCUT2D eigenvalue weighted by Crippen LogP contribution is -1.87. The van der Waals surface area contributed by atoms with Crippen LogP contribution in [0.15, 0.2) is 23.4 Å². The van der Waals surface area contributed by atoms with E-state index >= 15 is 0 Å². The zero-order valence-electron chi connectivity index (χ0n) is 6.24. The third-order valence-electron chi connectivity index (χ3n) is 1.69. The summed E-state index contributed by atoms with van der Waals surface area (Å²) in [6, 6.07) is 5.10. The Hall–Kier alpha value is -1.22. The second-order valence-corrected chi connectivity index (χ2v) is 2.31. The van der Waals surface area contributed by atoms with Crippen LogP contribution in [0.1, 0.15) is 11.1 Å². The monoisotopic (exact) mass is 151 g/mol. The molecular weight excluding hydrogens is 142 g/mol. The smallest absolute Gasteiger partial charge is 0.111 e. The Bertz CT molecular complexity index is 271. The van der Waals surface area contributed by atoms with Crippen LogP contribution < -0.4 is 0 Å². The summed E-state index contributed by atoms with van der Waals surface area (Å²) in [6.45, 7) is 1.72. The number of aliphatic hydroxyl groups is 1. The van der Waals surface area contributed by atoms with Crippen molar-refractivity contribution in [3.63, 3.8) is 0 Å². The number of rotatable bonds is 2. The molecule has 0 unspecified atom stereocenters. The molecule has 11 heavy (non-hydrogen) atoms. The summed E-state index contributed by atoms with van der Waals surface area (Å²) in [7, 11) is 0. The van der Waals surface area contributed by atoms with E-state index in [1.165, 1.54) is 0 Å². The minimum Gasteiger partial charge on any atom is -0.392 e. The molecule has 0 radical (unpaired) electrons. The highest BCUT2D eigenvalue weighted by Gasteiger charge is 2.01. The number of hydrogen-bond donors (Lipinski definition) is 1. The van der Waals surface area contributed by atoms with Gasteiger partial charge in [0.1, 0.15) is 5.69 Å². The lowest BCUT2D eigenvalue weighted by atomic mass is 10.1. The van der Waals surface area contributed by atoms with Gasteiger partial charge in [0.25, 0.3) is 0 Å². The molecule has 0 aromatic heterocycles. The maximum Gasteiger partial charge on any atom is 0.111 e. The van der Waals surface area contributed by atoms with E-state index in [4.69, 9.17) is 5.11 Å². The summed E-state index contributed by atoms with van der Waals surface area (Å²) in [5, 5.41) is 11.6. The summed E-state index contributed by atoms with van der Waals surface area (Å²) >= 11 is 0. The zero-order valence-corrected chi connectivity index (χ0v) is 6.24. The van der Waals surface area contributed by atoms with Crippen molar-refractivity contribution in [2.45, 2.75) is 13.5 Å². The van der Waals surface area contributed by atoms with Gasteiger partial charge in [-0.3, -0.25) is 0 Å². The predicted octanol–water partition coefficient (Wildman–Crippen LogP) is 1.89. The van der Waals surface area contributed by atoms with Gasteiger partial charge < -0.3 is 5.11 Å². The molecule has 1 aromatic rings. The number of nitrogens with zero attached hydrogens (tertiary/aromatic N) is 1. The van der Waals surface area contributed by atoms with E-state index in [1.807, 2.05) is 0 Å². The molecule has 0 aliphatic carbocycles. The van der Waals surface area contributed by atoms with Crippen LogP contribution in [0.2, 0.25) is 0 Å². The molecule has 0 fully saturated rings. The number of nitroso groups, excluding NO2 is 1. The third-order valence-corrected chi connectivity index (χ3v) is 1.69. The van der Waals surface area contributed by atoms with Gasteiger partial charge in [-0.05, 0) is 29.3 Å². The van der Waals surface area contributed by atoms with Gasteiger partial charge in [-0.25, -0.2) is 0 Å². The average Bonchev–Trinajstić information content (AvgIpc) is 2.05. The fourth-order valence-electron chi connectivity index (χ4n) is 0.940. The lowest BCUT2D eigenvalue weighted by molar-refractivity contribution is 0.281. The van der Waals surface area contributed by atoms with E-state index in [9.17, 15) is 4.91 Å². The second kappa shape index (κ2) is 3.25. The van der Waals surface area contributed by atoms with Crippen LogP contribution in [0, 0.1) is 11.8 Å². The van der Waals surface area contributed by atoms with Crippen molar-refractivity contribution in [1.82, 2.24) is 0 Å². The second-order valence-electron chi connectivity index (χ2n) is 2.31. The highest BCUT2D eigenvalue weighted by Crippen LogP contribution is 2.20. The van der Waals surface area contributed by atoms with Crippen molar-refractivity contribution in [2.75, 3.05) is 0 Å². The summed E-state index contributed by atoms with van der Waals surface area (Å²) < 4.78 is 0. The minimum atomic E-state index is -0.0464. The molecule has 3 nitrogen and oxygen atoms in total. The lowest BCUT2D eigenvalue weighted by Gasteiger charge is -2.01. The Morgan fingerprint density at radius 2 is 2.27 bits per heavy atom. The van der Waals surface area contributed by atoms with Gasteiger partial charge in [-0.15, -0.1) is 4.91 Å². The Morgan fingerprint density at radius 3 is 2.82 bits per heavy atom. The van der Waals surface area contributed by atoms with Crippen LogP contribution in [0.25, 0.3) is 0 Å². The van der Waals surface area contributed by atoms with Crippen LogP contribution >= 0.6 is 0 Å². The fraction of sp³-hybridized carbons (Fsp3) is 0.250. The van der Waals surface area contributed by atoms with Gasteiger partial charge in [0, 0.05) is 0 Å². The first kappa shape index (κ1) is 7.88. The van der Waals surface area contributed by atoms with Crippen LogP contribution in [0.4, 0.5) is 5.69 Å². The molecule has 1 N–H and O–H groups in total. The highest BCUT2D eigenvalue weighted by atomic mass is 16.3. The average molecular weight is 151 g/mol. The first-order chi connectivity index (χ1) is 5.29. The zero-order chi connectivity index (χ0) is 8.27. The summed E-state index contributed by atoms with van der Waals surface area (Å²) in [5.74, 6) is 0. The van der Waals surface area contributed by atoms with Crippen LogP contribution in [-0.2, 0) is 6.61 Å². The maximum atomic E-state index is 10.2. The fourth-order valence-corrected chi connectivity index (χ4v) is 0.940. The van der Waals surface area contributed by atoms with Crippen LogP contribution in [0.5, 0.6) is 0 Å². The minimum absolute atomic E-state index is 0.0464. The first-order valence-electron chi connectivity index (χ1n) is 3.32. The molecule has 0 atom stereocenters. The third kappa shape index (κ3) is 1.43. The molecular formula is C8H9NO2. The Kier molecular flexibility index (Phi) is 2.33. The SMILES string of the molecule is Cc1c(CO)cccc1N=O. The summed E-state index contributed by atoms with van der Waals surface area (Å²) in [6.07, 6.45) is 0. The van der Waals surface area contributed by atoms with Crippen molar-refractivity contribution in [3.8, 4) is 0 Å². The van der Waals surface area contributed by atoms with E-state index in [0.29, 0.717) is 5.69 Å². The van der Waals surface area contributed by atoms with Gasteiger partial charge in [-0.2, -0.15) is 0 Å². The van der Waals surface area contributed by atoms with Gasteiger partial charge >= 0.3 is 0 Å². The molecule has 0 spiro atoms. The van der Waals surface area contributed by atoms with Crippen molar-refractivity contribution >= 4 is 5.69 Å². The van der Waals surface area contributed by atoms with E-state index in [2.05, 4.69) is 5.18 Å². The van der Waals surface area contributed by atoms with E-state index in [0.717, 1.165) is 11.1 Å². The number of hydrogen-bond acceptors (Lipinski definition) is 3. The van der Waals surface area contributed by atoms with Crippen molar-refractivity contribution in [1.29, 1.82) is 0 Å². The topological polar surface area (TPSA) is 49.7 Å². The molecule has 0 aliphatic rings. The quantitative estimate of drug-likeness (QED) is 0.656. The first-order valence-corrected chi connectivity index (χ1v) is 3.32. The molecule has 3 heteroatoms. The van der Waals surface area contributed by atoms with E-state index < -0.39 is 0 Å². The maximum absolute atomic E-state index is 10.2. The molecule has 1 aromatic carbocycles. The van der Waals surface area contributed by atoms with Crippen LogP contribution in [-0.4, -0.2) is 5.11 Å². The predicted molar refractivity (Wildman–Crippen MR) is 42.6 cm³/mol. The molecule has 0 saturated heterocycles. The molecule has 58 valence electrons. The van der Waals surface area contributed by atoms with Crippen molar-refractivity contribution in [3.05, 3.63) is 34.2 Å². The number of aliphatic hydroxyl groups excluding tert-OH is 1. The standard InChI is InChI=1S/C8H9NO2/c1-6-7(5-10)3-2-4-8(6)9-11/h2-4,10H,5H2,1H3. The Balaban J connectivity index is 3.20. The van der Waals surface area contributed by atoms with Gasteiger partial charge in [0.05, 0.1) is 6.61 Å². The molecule has 0 bridgehead atoms.